The van der Waals surface area contributed by atoms with Gasteiger partial charge < -0.3 is 0 Å². The van der Waals surface area contributed by atoms with E-state index in [1.54, 1.807) is 0 Å². The van der Waals surface area contributed by atoms with E-state index in [1.807, 2.05) is 6.08 Å². The maximum absolute atomic E-state index is 3.67. The van der Waals surface area contributed by atoms with Crippen LogP contribution in [0, 0.1) is 0 Å². The van der Waals surface area contributed by atoms with Gasteiger partial charge in [0.15, 0.2) is 0 Å². The Kier molecular flexibility index (Phi) is 4.23. The van der Waals surface area contributed by atoms with Crippen molar-refractivity contribution in [1.29, 1.82) is 0 Å². The highest BCUT2D eigenvalue weighted by Crippen LogP contribution is 2.17. The molecule has 0 heterocycles. The van der Waals surface area contributed by atoms with Crippen molar-refractivity contribution < 1.29 is 4.70 Å². The highest BCUT2D eigenvalue weighted by Gasteiger charge is 1.99. The summed E-state index contributed by atoms with van der Waals surface area (Å²) in [6, 6.07) is 0. The largest absolute Gasteiger partial charge is 0.269 e. The van der Waals surface area contributed by atoms with E-state index < -0.39 is 0 Å². The normalized spacial score (nSPS) is 10.0. The monoisotopic (exact) mass is 120 g/mol. The van der Waals surface area contributed by atoms with E-state index in [9.17, 15) is 0 Å². The van der Waals surface area contributed by atoms with E-state index in [4.69, 9.17) is 0 Å². The predicted octanol–water partition coefficient (Wildman–Crippen LogP) is 0.889. The van der Waals surface area contributed by atoms with Gasteiger partial charge >= 0.3 is 0 Å². The fourth-order valence-electron chi connectivity index (χ4n) is 0. The Bertz CT molecular complexity index is 53.6. The minimum Gasteiger partial charge on any atom is -0.269 e. The first-order valence-corrected chi connectivity index (χ1v) is 3.20. The molecule has 0 bridgehead atoms. The molecule has 0 nitrogen and oxygen atoms in total. The summed E-state index contributed by atoms with van der Waals surface area (Å²) in [5.74, 6) is 0. The van der Waals surface area contributed by atoms with Gasteiger partial charge in [-0.3, -0.25) is 4.70 Å². The summed E-state index contributed by atoms with van der Waals surface area (Å²) in [5.41, 5.74) is 0. The standard InChI is InChI=1S/C5H12Si.FH/c1-4-5(2,3)6;/h4H,1H2,2-3,6H3;1H. The highest BCUT2D eigenvalue weighted by molar-refractivity contribution is 6.15. The molecule has 0 spiro atoms. The van der Waals surface area contributed by atoms with Crippen molar-refractivity contribution in [2.75, 3.05) is 0 Å². The fraction of sp³-hybridized carbons (Fsp3) is 0.600. The zero-order valence-corrected chi connectivity index (χ0v) is 7.19. The molecule has 7 heavy (non-hydrogen) atoms. The molecule has 0 atom stereocenters. The van der Waals surface area contributed by atoms with Gasteiger partial charge in [-0.1, -0.05) is 19.9 Å². The number of allylic oxidation sites excluding steroid dienone is 1. The van der Waals surface area contributed by atoms with Crippen LogP contribution in [0.3, 0.4) is 0 Å². The molecule has 0 fully saturated rings. The van der Waals surface area contributed by atoms with Crippen LogP contribution in [0.2, 0.25) is 5.04 Å². The van der Waals surface area contributed by atoms with Gasteiger partial charge in [-0.05, 0) is 5.04 Å². The van der Waals surface area contributed by atoms with E-state index in [0.29, 0.717) is 5.04 Å². The summed E-state index contributed by atoms with van der Waals surface area (Å²) in [4.78, 5) is 0. The molecule has 0 aromatic heterocycles. The first-order chi connectivity index (χ1) is 2.56. The smallest absolute Gasteiger partial charge is 0.0147 e. The first-order valence-electron chi connectivity index (χ1n) is 2.20. The highest BCUT2D eigenvalue weighted by atomic mass is 28.1. The minimum absolute atomic E-state index is 0. The lowest BCUT2D eigenvalue weighted by atomic mass is 10.2. The van der Waals surface area contributed by atoms with Crippen molar-refractivity contribution in [3.63, 3.8) is 0 Å². The van der Waals surface area contributed by atoms with Crippen molar-refractivity contribution in [2.45, 2.75) is 18.9 Å². The summed E-state index contributed by atoms with van der Waals surface area (Å²) in [6.07, 6.45) is 2.00. The third-order valence-corrected chi connectivity index (χ3v) is 1.02. The molecule has 0 amide bonds. The van der Waals surface area contributed by atoms with E-state index >= 15 is 0 Å². The summed E-state index contributed by atoms with van der Waals surface area (Å²) < 4.78 is 0. The van der Waals surface area contributed by atoms with Gasteiger partial charge in [0.05, 0.1) is 0 Å². The van der Waals surface area contributed by atoms with Crippen LogP contribution >= 0.6 is 0 Å². The molecule has 0 rings (SSSR count). The van der Waals surface area contributed by atoms with Crippen molar-refractivity contribution in [2.24, 2.45) is 0 Å². The Hall–Kier alpha value is -0.113. The average Bonchev–Trinajstić information content (AvgIpc) is 1.35. The van der Waals surface area contributed by atoms with E-state index in [-0.39, 0.29) is 4.70 Å². The third kappa shape index (κ3) is 10.7. The predicted molar refractivity (Wildman–Crippen MR) is 36.7 cm³/mol. The summed E-state index contributed by atoms with van der Waals surface area (Å²) in [7, 11) is 1.21. The van der Waals surface area contributed by atoms with Crippen LogP contribution in [0.4, 0.5) is 4.70 Å². The van der Waals surface area contributed by atoms with Crippen LogP contribution in [-0.2, 0) is 0 Å². The first kappa shape index (κ1) is 9.99. The molecule has 0 aromatic rings. The summed E-state index contributed by atoms with van der Waals surface area (Å²) in [5, 5.41) is 0.444. The molecular weight excluding hydrogens is 107 g/mol. The van der Waals surface area contributed by atoms with Gasteiger partial charge in [0.25, 0.3) is 0 Å². The van der Waals surface area contributed by atoms with Crippen LogP contribution in [0.15, 0.2) is 12.7 Å². The zero-order valence-electron chi connectivity index (χ0n) is 5.19. The van der Waals surface area contributed by atoms with Crippen LogP contribution in [0.5, 0.6) is 0 Å². The van der Waals surface area contributed by atoms with Crippen LogP contribution < -0.4 is 0 Å². The zero-order chi connectivity index (χ0) is 5.21. The molecular formula is C5H13FSi. The second kappa shape index (κ2) is 2.96. The molecule has 2 heteroatoms. The Morgan fingerprint density at radius 3 is 1.71 bits per heavy atom. The fourth-order valence-corrected chi connectivity index (χ4v) is 0. The van der Waals surface area contributed by atoms with Gasteiger partial charge in [0.2, 0.25) is 0 Å². The third-order valence-electron chi connectivity index (χ3n) is 0.612. The maximum atomic E-state index is 3.67. The van der Waals surface area contributed by atoms with Crippen LogP contribution in [0.25, 0.3) is 0 Å². The number of halogens is 1. The van der Waals surface area contributed by atoms with Crippen molar-refractivity contribution >= 4 is 10.2 Å². The van der Waals surface area contributed by atoms with Crippen molar-refractivity contribution in [3.05, 3.63) is 12.7 Å². The molecule has 0 aromatic carbocycles. The molecule has 0 saturated carbocycles. The Morgan fingerprint density at radius 1 is 1.57 bits per heavy atom. The van der Waals surface area contributed by atoms with Gasteiger partial charge in [0, 0.05) is 10.2 Å². The van der Waals surface area contributed by atoms with Crippen molar-refractivity contribution in [3.8, 4) is 0 Å². The molecule has 0 N–H and O–H groups in total. The Balaban J connectivity index is 0. The lowest BCUT2D eigenvalue weighted by molar-refractivity contribution is 0.864. The maximum Gasteiger partial charge on any atom is 0.0147 e. The second-order valence-electron chi connectivity index (χ2n) is 2.57. The number of hydrogen-bond acceptors (Lipinski definition) is 0. The van der Waals surface area contributed by atoms with Gasteiger partial charge in [-0.15, -0.1) is 6.58 Å². The molecule has 44 valence electrons. The molecule has 0 saturated heterocycles. The van der Waals surface area contributed by atoms with Gasteiger partial charge in [-0.2, -0.15) is 0 Å². The topological polar surface area (TPSA) is 0 Å². The summed E-state index contributed by atoms with van der Waals surface area (Å²) >= 11 is 0. The Labute approximate surface area is 47.4 Å². The van der Waals surface area contributed by atoms with E-state index in [1.165, 1.54) is 10.2 Å². The van der Waals surface area contributed by atoms with E-state index in [0.717, 1.165) is 0 Å². The molecule has 0 aliphatic heterocycles. The summed E-state index contributed by atoms with van der Waals surface area (Å²) in [6.45, 7) is 8.04. The molecule has 0 unspecified atom stereocenters. The minimum atomic E-state index is 0. The molecule has 0 aliphatic carbocycles. The molecule has 0 radical (unpaired) electrons. The van der Waals surface area contributed by atoms with Crippen molar-refractivity contribution in [1.82, 2.24) is 0 Å². The van der Waals surface area contributed by atoms with E-state index in [2.05, 4.69) is 20.4 Å². The number of hydrogen-bond donors (Lipinski definition) is 0. The SMILES string of the molecule is C=CC(C)(C)[SiH3].F. The number of rotatable bonds is 1. The van der Waals surface area contributed by atoms with Crippen LogP contribution in [-0.4, -0.2) is 10.2 Å². The Morgan fingerprint density at radius 2 is 1.71 bits per heavy atom. The molecule has 0 aliphatic rings. The van der Waals surface area contributed by atoms with Crippen LogP contribution in [0.1, 0.15) is 13.8 Å². The second-order valence-corrected chi connectivity index (χ2v) is 5.15. The van der Waals surface area contributed by atoms with Gasteiger partial charge in [-0.25, -0.2) is 0 Å². The lowest BCUT2D eigenvalue weighted by Crippen LogP contribution is -1.93. The lowest BCUT2D eigenvalue weighted by Gasteiger charge is -2.08. The van der Waals surface area contributed by atoms with Gasteiger partial charge in [0.1, 0.15) is 0 Å². The quantitative estimate of drug-likeness (QED) is 0.356. The average molecular weight is 120 g/mol.